The zero-order chi connectivity index (χ0) is 16.4. The summed E-state index contributed by atoms with van der Waals surface area (Å²) in [5.74, 6) is 0.293. The normalized spacial score (nSPS) is 10.9. The predicted octanol–water partition coefficient (Wildman–Crippen LogP) is 4.81. The van der Waals surface area contributed by atoms with E-state index in [9.17, 15) is 5.11 Å². The van der Waals surface area contributed by atoms with Gasteiger partial charge in [-0.1, -0.05) is 55.3 Å². The lowest BCUT2D eigenvalue weighted by Crippen LogP contribution is -2.00. The Bertz CT molecular complexity index is 816. The van der Waals surface area contributed by atoms with E-state index in [1.807, 2.05) is 35.0 Å². The topological polar surface area (TPSA) is 38.0 Å². The molecule has 3 rings (SSSR count). The van der Waals surface area contributed by atoms with Gasteiger partial charge in [0.05, 0.1) is 5.69 Å². The standard InChI is InChI=1S/C20H22N2O/c1-4-7-18-20(23)19(17-9-6-5-8-15(17)3)22(21-18)16-12-10-14(2)11-13-16/h5-6,8-13,23H,4,7H2,1-3H3. The molecular weight excluding hydrogens is 284 g/mol. The molecule has 0 unspecified atom stereocenters. The summed E-state index contributed by atoms with van der Waals surface area (Å²) < 4.78 is 1.86. The number of aryl methyl sites for hydroxylation is 3. The summed E-state index contributed by atoms with van der Waals surface area (Å²) in [6.45, 7) is 6.22. The second-order valence-electron chi connectivity index (χ2n) is 5.96. The zero-order valence-corrected chi connectivity index (χ0v) is 13.9. The van der Waals surface area contributed by atoms with Crippen molar-refractivity contribution in [3.05, 3.63) is 65.4 Å². The molecule has 0 radical (unpaired) electrons. The van der Waals surface area contributed by atoms with Gasteiger partial charge in [-0.2, -0.15) is 5.10 Å². The van der Waals surface area contributed by atoms with Crippen LogP contribution >= 0.6 is 0 Å². The fraction of sp³-hybridized carbons (Fsp3) is 0.250. The minimum absolute atomic E-state index is 0.293. The first kappa shape index (κ1) is 15.3. The molecule has 23 heavy (non-hydrogen) atoms. The molecule has 2 aromatic carbocycles. The van der Waals surface area contributed by atoms with Gasteiger partial charge in [0.15, 0.2) is 5.75 Å². The van der Waals surface area contributed by atoms with Gasteiger partial charge in [0.25, 0.3) is 0 Å². The maximum absolute atomic E-state index is 10.8. The van der Waals surface area contributed by atoms with Gasteiger partial charge in [0, 0.05) is 5.56 Å². The fourth-order valence-electron chi connectivity index (χ4n) is 2.81. The van der Waals surface area contributed by atoms with E-state index in [-0.39, 0.29) is 0 Å². The molecule has 0 saturated carbocycles. The van der Waals surface area contributed by atoms with Crippen molar-refractivity contribution in [3.8, 4) is 22.7 Å². The van der Waals surface area contributed by atoms with Crippen LogP contribution in [0.15, 0.2) is 48.5 Å². The molecule has 118 valence electrons. The maximum atomic E-state index is 10.8. The molecule has 0 fully saturated rings. The van der Waals surface area contributed by atoms with Gasteiger partial charge in [0.2, 0.25) is 0 Å². The van der Waals surface area contributed by atoms with E-state index in [1.54, 1.807) is 0 Å². The average molecular weight is 306 g/mol. The minimum atomic E-state index is 0.293. The molecular formula is C20H22N2O. The van der Waals surface area contributed by atoms with Crippen molar-refractivity contribution in [2.24, 2.45) is 0 Å². The smallest absolute Gasteiger partial charge is 0.165 e. The van der Waals surface area contributed by atoms with Crippen molar-refractivity contribution in [1.82, 2.24) is 9.78 Å². The van der Waals surface area contributed by atoms with Crippen molar-refractivity contribution in [1.29, 1.82) is 0 Å². The third-order valence-electron chi connectivity index (χ3n) is 4.10. The van der Waals surface area contributed by atoms with E-state index in [2.05, 4.69) is 44.1 Å². The quantitative estimate of drug-likeness (QED) is 0.751. The highest BCUT2D eigenvalue weighted by atomic mass is 16.3. The minimum Gasteiger partial charge on any atom is -0.504 e. The predicted molar refractivity (Wildman–Crippen MR) is 94.1 cm³/mol. The molecule has 0 spiro atoms. The number of benzene rings is 2. The number of aromatic hydroxyl groups is 1. The summed E-state index contributed by atoms with van der Waals surface area (Å²) in [7, 11) is 0. The number of hydrogen-bond donors (Lipinski definition) is 1. The van der Waals surface area contributed by atoms with Crippen LogP contribution in [0.5, 0.6) is 5.75 Å². The van der Waals surface area contributed by atoms with Crippen molar-refractivity contribution >= 4 is 0 Å². The first-order valence-electron chi connectivity index (χ1n) is 8.05. The highest BCUT2D eigenvalue weighted by molar-refractivity contribution is 5.72. The third kappa shape index (κ3) is 2.87. The summed E-state index contributed by atoms with van der Waals surface area (Å²) in [6.07, 6.45) is 1.72. The number of hydrogen-bond acceptors (Lipinski definition) is 2. The van der Waals surface area contributed by atoms with E-state index in [0.29, 0.717) is 5.75 Å². The van der Waals surface area contributed by atoms with Crippen molar-refractivity contribution < 1.29 is 5.11 Å². The SMILES string of the molecule is CCCc1nn(-c2ccc(C)cc2)c(-c2ccccc2C)c1O. The Morgan fingerprint density at radius 3 is 2.35 bits per heavy atom. The van der Waals surface area contributed by atoms with E-state index >= 15 is 0 Å². The molecule has 1 heterocycles. The van der Waals surface area contributed by atoms with Crippen molar-refractivity contribution in [3.63, 3.8) is 0 Å². The van der Waals surface area contributed by atoms with Crippen LogP contribution in [0.1, 0.15) is 30.2 Å². The molecule has 0 aliphatic rings. The van der Waals surface area contributed by atoms with Crippen molar-refractivity contribution in [2.75, 3.05) is 0 Å². The van der Waals surface area contributed by atoms with Crippen LogP contribution < -0.4 is 0 Å². The first-order chi connectivity index (χ1) is 11.1. The van der Waals surface area contributed by atoms with E-state index in [4.69, 9.17) is 0 Å². The number of nitrogens with zero attached hydrogens (tertiary/aromatic N) is 2. The van der Waals surface area contributed by atoms with Gasteiger partial charge in [0.1, 0.15) is 11.4 Å². The Kier molecular flexibility index (Phi) is 4.20. The summed E-state index contributed by atoms with van der Waals surface area (Å²) in [4.78, 5) is 0. The lowest BCUT2D eigenvalue weighted by Gasteiger charge is -2.10. The largest absolute Gasteiger partial charge is 0.504 e. The zero-order valence-electron chi connectivity index (χ0n) is 13.9. The van der Waals surface area contributed by atoms with E-state index < -0.39 is 0 Å². The molecule has 0 aliphatic heterocycles. The summed E-state index contributed by atoms with van der Waals surface area (Å²) in [5, 5.41) is 15.4. The highest BCUT2D eigenvalue weighted by Crippen LogP contribution is 2.36. The molecule has 3 aromatic rings. The highest BCUT2D eigenvalue weighted by Gasteiger charge is 2.20. The third-order valence-corrected chi connectivity index (χ3v) is 4.10. The Hall–Kier alpha value is -2.55. The Balaban J connectivity index is 2.24. The number of aromatic nitrogens is 2. The summed E-state index contributed by atoms with van der Waals surface area (Å²) in [5.41, 5.74) is 5.84. The summed E-state index contributed by atoms with van der Waals surface area (Å²) >= 11 is 0. The molecule has 0 atom stereocenters. The molecule has 0 bridgehead atoms. The molecule has 3 heteroatoms. The molecule has 1 N–H and O–H groups in total. The monoisotopic (exact) mass is 306 g/mol. The van der Waals surface area contributed by atoms with Crippen LogP contribution in [0, 0.1) is 13.8 Å². The fourth-order valence-corrected chi connectivity index (χ4v) is 2.81. The van der Waals surface area contributed by atoms with E-state index in [1.165, 1.54) is 5.56 Å². The molecule has 3 nitrogen and oxygen atoms in total. The Morgan fingerprint density at radius 2 is 1.70 bits per heavy atom. The average Bonchev–Trinajstić information content (AvgIpc) is 2.86. The Labute approximate surface area is 137 Å². The van der Waals surface area contributed by atoms with Crippen LogP contribution in [0.25, 0.3) is 16.9 Å². The lowest BCUT2D eigenvalue weighted by molar-refractivity contribution is 0.469. The van der Waals surface area contributed by atoms with Crippen LogP contribution in [0.2, 0.25) is 0 Å². The van der Waals surface area contributed by atoms with Crippen LogP contribution in [-0.4, -0.2) is 14.9 Å². The maximum Gasteiger partial charge on any atom is 0.165 e. The van der Waals surface area contributed by atoms with Gasteiger partial charge in [-0.25, -0.2) is 4.68 Å². The molecule has 0 saturated heterocycles. The second-order valence-corrected chi connectivity index (χ2v) is 5.96. The molecule has 1 aromatic heterocycles. The first-order valence-corrected chi connectivity index (χ1v) is 8.05. The molecule has 0 aliphatic carbocycles. The summed E-state index contributed by atoms with van der Waals surface area (Å²) in [6, 6.07) is 16.3. The second kappa shape index (κ2) is 6.29. The van der Waals surface area contributed by atoms with Gasteiger partial charge in [-0.15, -0.1) is 0 Å². The molecule has 0 amide bonds. The van der Waals surface area contributed by atoms with Crippen LogP contribution in [0.4, 0.5) is 0 Å². The van der Waals surface area contributed by atoms with Crippen molar-refractivity contribution in [2.45, 2.75) is 33.6 Å². The number of rotatable bonds is 4. The van der Waals surface area contributed by atoms with Crippen LogP contribution in [0.3, 0.4) is 0 Å². The van der Waals surface area contributed by atoms with Gasteiger partial charge in [-0.05, 0) is 38.0 Å². The Morgan fingerprint density at radius 1 is 1.00 bits per heavy atom. The van der Waals surface area contributed by atoms with E-state index in [0.717, 1.165) is 41.0 Å². The van der Waals surface area contributed by atoms with Gasteiger partial charge >= 0.3 is 0 Å². The van der Waals surface area contributed by atoms with Gasteiger partial charge in [-0.3, -0.25) is 0 Å². The van der Waals surface area contributed by atoms with Crippen LogP contribution in [-0.2, 0) is 6.42 Å². The lowest BCUT2D eigenvalue weighted by atomic mass is 10.0. The van der Waals surface area contributed by atoms with Gasteiger partial charge < -0.3 is 5.11 Å².